The van der Waals surface area contributed by atoms with Gasteiger partial charge in [-0.25, -0.2) is 4.98 Å². The molecule has 0 bridgehead atoms. The van der Waals surface area contributed by atoms with Crippen LogP contribution in [-0.4, -0.2) is 9.97 Å². The van der Waals surface area contributed by atoms with Crippen LogP contribution < -0.4 is 4.74 Å². The number of H-pyrrole nitrogens is 1. The van der Waals surface area contributed by atoms with Gasteiger partial charge < -0.3 is 9.72 Å². The molecule has 0 aliphatic heterocycles. The van der Waals surface area contributed by atoms with Crippen molar-refractivity contribution in [2.24, 2.45) is 0 Å². The monoisotopic (exact) mass is 302 g/mol. The van der Waals surface area contributed by atoms with E-state index in [1.54, 1.807) is 0 Å². The van der Waals surface area contributed by atoms with Crippen molar-refractivity contribution in [3.05, 3.63) is 52.8 Å². The summed E-state index contributed by atoms with van der Waals surface area (Å²) < 4.78 is 6.80. The van der Waals surface area contributed by atoms with Gasteiger partial charge in [-0.3, -0.25) is 0 Å². The molecule has 1 aromatic heterocycles. The van der Waals surface area contributed by atoms with E-state index in [4.69, 9.17) is 4.74 Å². The summed E-state index contributed by atoms with van der Waals surface area (Å²) in [6.07, 6.45) is 0. The molecular weight excluding hydrogens is 292 g/mol. The zero-order valence-corrected chi connectivity index (χ0v) is 11.4. The Morgan fingerprint density at radius 3 is 2.67 bits per heavy atom. The maximum Gasteiger partial charge on any atom is 0.169 e. The Balaban J connectivity index is 2.13. The molecule has 0 fully saturated rings. The molecule has 2 aromatic carbocycles. The Hall–Kier alpha value is -1.81. The molecule has 3 rings (SSSR count). The molecular formula is C14H11BrN2O. The number of hydrogen-bond donors (Lipinski definition) is 1. The van der Waals surface area contributed by atoms with Crippen LogP contribution in [0.25, 0.3) is 11.0 Å². The zero-order valence-electron chi connectivity index (χ0n) is 9.77. The third kappa shape index (κ3) is 1.99. The second-order valence-electron chi connectivity index (χ2n) is 4.01. The average Bonchev–Trinajstić information content (AvgIpc) is 2.75. The molecule has 3 nitrogen and oxygen atoms in total. The lowest BCUT2D eigenvalue weighted by molar-refractivity contribution is 0.484. The third-order valence-electron chi connectivity index (χ3n) is 2.64. The quantitative estimate of drug-likeness (QED) is 0.760. The van der Waals surface area contributed by atoms with Gasteiger partial charge in [0.1, 0.15) is 17.1 Å². The van der Waals surface area contributed by atoms with E-state index in [9.17, 15) is 0 Å². The molecule has 3 aromatic rings. The van der Waals surface area contributed by atoms with Crippen LogP contribution >= 0.6 is 15.9 Å². The van der Waals surface area contributed by atoms with Gasteiger partial charge in [0.15, 0.2) is 5.75 Å². The highest BCUT2D eigenvalue weighted by Crippen LogP contribution is 2.35. The van der Waals surface area contributed by atoms with Crippen molar-refractivity contribution in [1.29, 1.82) is 0 Å². The van der Waals surface area contributed by atoms with E-state index in [1.807, 2.05) is 49.4 Å². The maximum atomic E-state index is 5.91. The number of nitrogens with one attached hydrogen (secondary N) is 1. The van der Waals surface area contributed by atoms with Gasteiger partial charge in [0, 0.05) is 0 Å². The lowest BCUT2D eigenvalue weighted by Gasteiger charge is -2.07. The Bertz CT molecular complexity index is 692. The van der Waals surface area contributed by atoms with Crippen molar-refractivity contribution in [3.8, 4) is 11.5 Å². The van der Waals surface area contributed by atoms with Crippen LogP contribution in [0.5, 0.6) is 11.5 Å². The number of imidazole rings is 1. The van der Waals surface area contributed by atoms with Crippen molar-refractivity contribution in [2.75, 3.05) is 0 Å². The topological polar surface area (TPSA) is 37.9 Å². The number of hydrogen-bond acceptors (Lipinski definition) is 2. The highest BCUT2D eigenvalue weighted by Gasteiger charge is 2.11. The van der Waals surface area contributed by atoms with Gasteiger partial charge in [-0.1, -0.05) is 18.2 Å². The molecule has 0 saturated heterocycles. The summed E-state index contributed by atoms with van der Waals surface area (Å²) >= 11 is 3.51. The van der Waals surface area contributed by atoms with Gasteiger partial charge >= 0.3 is 0 Å². The summed E-state index contributed by atoms with van der Waals surface area (Å²) in [5.41, 5.74) is 1.81. The van der Waals surface area contributed by atoms with Crippen molar-refractivity contribution in [2.45, 2.75) is 6.92 Å². The SMILES string of the molecule is Cc1nc2c(Oc3ccccc3)c(Br)ccc2[nH]1. The van der Waals surface area contributed by atoms with E-state index in [0.717, 1.165) is 32.8 Å². The van der Waals surface area contributed by atoms with Crippen LogP contribution in [0.15, 0.2) is 46.9 Å². The maximum absolute atomic E-state index is 5.91. The smallest absolute Gasteiger partial charge is 0.169 e. The van der Waals surface area contributed by atoms with Crippen LogP contribution in [-0.2, 0) is 0 Å². The lowest BCUT2D eigenvalue weighted by atomic mass is 10.3. The first kappa shape index (κ1) is 11.3. The van der Waals surface area contributed by atoms with E-state index in [2.05, 4.69) is 25.9 Å². The number of nitrogens with zero attached hydrogens (tertiary/aromatic N) is 1. The number of rotatable bonds is 2. The van der Waals surface area contributed by atoms with Gasteiger partial charge in [-0.2, -0.15) is 0 Å². The number of fused-ring (bicyclic) bond motifs is 1. The van der Waals surface area contributed by atoms with Crippen molar-refractivity contribution in [1.82, 2.24) is 9.97 Å². The molecule has 18 heavy (non-hydrogen) atoms. The summed E-state index contributed by atoms with van der Waals surface area (Å²) in [4.78, 5) is 7.66. The van der Waals surface area contributed by atoms with Crippen LogP contribution in [0.3, 0.4) is 0 Å². The minimum Gasteiger partial charge on any atom is -0.454 e. The number of aryl methyl sites for hydroxylation is 1. The third-order valence-corrected chi connectivity index (χ3v) is 3.27. The molecule has 1 N–H and O–H groups in total. The summed E-state index contributed by atoms with van der Waals surface area (Å²) in [6, 6.07) is 13.6. The van der Waals surface area contributed by atoms with E-state index in [1.165, 1.54) is 0 Å². The minimum atomic E-state index is 0.739. The van der Waals surface area contributed by atoms with Gasteiger partial charge in [0.05, 0.1) is 9.99 Å². The van der Waals surface area contributed by atoms with Crippen molar-refractivity contribution < 1.29 is 4.74 Å². The number of benzene rings is 2. The van der Waals surface area contributed by atoms with Gasteiger partial charge in [0.2, 0.25) is 0 Å². The van der Waals surface area contributed by atoms with Gasteiger partial charge in [0.25, 0.3) is 0 Å². The average molecular weight is 303 g/mol. The normalized spacial score (nSPS) is 10.8. The molecule has 4 heteroatoms. The van der Waals surface area contributed by atoms with Crippen LogP contribution in [0.2, 0.25) is 0 Å². The number of ether oxygens (including phenoxy) is 1. The summed E-state index contributed by atoms with van der Waals surface area (Å²) in [5, 5.41) is 0. The second kappa shape index (κ2) is 4.46. The molecule has 90 valence electrons. The second-order valence-corrected chi connectivity index (χ2v) is 4.86. The molecule has 0 saturated carbocycles. The van der Waals surface area contributed by atoms with E-state index >= 15 is 0 Å². The van der Waals surface area contributed by atoms with Gasteiger partial charge in [-0.15, -0.1) is 0 Å². The highest BCUT2D eigenvalue weighted by molar-refractivity contribution is 9.10. The lowest BCUT2D eigenvalue weighted by Crippen LogP contribution is -1.87. The molecule has 0 atom stereocenters. The van der Waals surface area contributed by atoms with E-state index in [0.29, 0.717) is 0 Å². The molecule has 0 amide bonds. The van der Waals surface area contributed by atoms with Crippen molar-refractivity contribution >= 4 is 27.0 Å². The van der Waals surface area contributed by atoms with Crippen molar-refractivity contribution in [3.63, 3.8) is 0 Å². The fourth-order valence-corrected chi connectivity index (χ4v) is 2.25. The summed E-state index contributed by atoms with van der Waals surface area (Å²) in [5.74, 6) is 2.41. The Morgan fingerprint density at radius 1 is 1.11 bits per heavy atom. The standard InChI is InChI=1S/C14H11BrN2O/c1-9-16-12-8-7-11(15)14(13(12)17-9)18-10-5-3-2-4-6-10/h2-8H,1H3,(H,16,17). The first-order valence-electron chi connectivity index (χ1n) is 5.62. The summed E-state index contributed by atoms with van der Waals surface area (Å²) in [7, 11) is 0. The minimum absolute atomic E-state index is 0.739. The van der Waals surface area contributed by atoms with Crippen LogP contribution in [0.1, 0.15) is 5.82 Å². The van der Waals surface area contributed by atoms with E-state index < -0.39 is 0 Å². The van der Waals surface area contributed by atoms with Crippen LogP contribution in [0, 0.1) is 6.92 Å². The number of halogens is 1. The molecule has 0 radical (unpaired) electrons. The largest absolute Gasteiger partial charge is 0.454 e. The fraction of sp³-hybridized carbons (Fsp3) is 0.0714. The Morgan fingerprint density at radius 2 is 1.89 bits per heavy atom. The van der Waals surface area contributed by atoms with Gasteiger partial charge in [-0.05, 0) is 47.1 Å². The first-order chi connectivity index (χ1) is 8.74. The molecule has 0 unspecified atom stereocenters. The Kier molecular flexibility index (Phi) is 2.80. The Labute approximate surface area is 113 Å². The zero-order chi connectivity index (χ0) is 12.5. The fourth-order valence-electron chi connectivity index (χ4n) is 1.85. The number of aromatic nitrogens is 2. The highest BCUT2D eigenvalue weighted by atomic mass is 79.9. The van der Waals surface area contributed by atoms with Crippen LogP contribution in [0.4, 0.5) is 0 Å². The predicted octanol–water partition coefficient (Wildman–Crippen LogP) is 4.43. The molecule has 1 heterocycles. The first-order valence-corrected chi connectivity index (χ1v) is 6.41. The predicted molar refractivity (Wildman–Crippen MR) is 75.0 cm³/mol. The van der Waals surface area contributed by atoms with E-state index in [-0.39, 0.29) is 0 Å². The molecule has 0 spiro atoms. The molecule has 0 aliphatic carbocycles. The summed E-state index contributed by atoms with van der Waals surface area (Å²) in [6.45, 7) is 1.93. The number of para-hydroxylation sites is 1. The number of aromatic amines is 1. The molecule has 0 aliphatic rings.